The summed E-state index contributed by atoms with van der Waals surface area (Å²) < 4.78 is 7.09. The smallest absolute Gasteiger partial charge is 0.340 e. The highest BCUT2D eigenvalue weighted by Crippen LogP contribution is 2.26. The van der Waals surface area contributed by atoms with Crippen LogP contribution in [0.5, 0.6) is 0 Å². The SMILES string of the molecule is CCOC(=O)c1cc(-c2cccnc2)n2ccccc12. The molecule has 100 valence electrons. The first-order valence-electron chi connectivity index (χ1n) is 6.49. The minimum absolute atomic E-state index is 0.300. The summed E-state index contributed by atoms with van der Waals surface area (Å²) >= 11 is 0. The van der Waals surface area contributed by atoms with Crippen LogP contribution in [0.2, 0.25) is 0 Å². The van der Waals surface area contributed by atoms with E-state index >= 15 is 0 Å². The molecule has 0 spiro atoms. The first-order chi connectivity index (χ1) is 9.81. The van der Waals surface area contributed by atoms with E-state index in [1.165, 1.54) is 0 Å². The fraction of sp³-hybridized carbons (Fsp3) is 0.125. The number of hydrogen-bond donors (Lipinski definition) is 0. The number of carbonyl (C=O) groups excluding carboxylic acids is 1. The number of aromatic nitrogens is 2. The lowest BCUT2D eigenvalue weighted by atomic mass is 10.2. The minimum atomic E-state index is -0.300. The summed E-state index contributed by atoms with van der Waals surface area (Å²) in [6.07, 6.45) is 5.44. The van der Waals surface area contributed by atoms with E-state index in [9.17, 15) is 4.79 Å². The third-order valence-electron chi connectivity index (χ3n) is 3.13. The van der Waals surface area contributed by atoms with Gasteiger partial charge in [-0.3, -0.25) is 4.98 Å². The minimum Gasteiger partial charge on any atom is -0.462 e. The van der Waals surface area contributed by atoms with Crippen molar-refractivity contribution < 1.29 is 9.53 Å². The number of nitrogens with zero attached hydrogens (tertiary/aromatic N) is 2. The molecule has 0 amide bonds. The lowest BCUT2D eigenvalue weighted by Crippen LogP contribution is -2.03. The van der Waals surface area contributed by atoms with Crippen molar-refractivity contribution in [2.45, 2.75) is 6.92 Å². The van der Waals surface area contributed by atoms with Gasteiger partial charge in [0.25, 0.3) is 0 Å². The molecule has 0 saturated heterocycles. The predicted molar refractivity (Wildman–Crippen MR) is 76.6 cm³/mol. The van der Waals surface area contributed by atoms with Crippen molar-refractivity contribution >= 4 is 11.5 Å². The van der Waals surface area contributed by atoms with Gasteiger partial charge in [0.1, 0.15) is 0 Å². The number of fused-ring (bicyclic) bond motifs is 1. The summed E-state index contributed by atoms with van der Waals surface area (Å²) in [5.41, 5.74) is 3.30. The maximum Gasteiger partial charge on any atom is 0.340 e. The molecule has 0 atom stereocenters. The van der Waals surface area contributed by atoms with Gasteiger partial charge < -0.3 is 9.14 Å². The van der Waals surface area contributed by atoms with Gasteiger partial charge in [-0.1, -0.05) is 6.07 Å². The molecule has 4 nitrogen and oxygen atoms in total. The zero-order valence-corrected chi connectivity index (χ0v) is 11.1. The monoisotopic (exact) mass is 266 g/mol. The standard InChI is InChI=1S/C16H14N2O2/c1-2-20-16(19)13-10-15(12-6-5-8-17-11-12)18-9-4-3-7-14(13)18/h3-11H,2H2,1H3. The van der Waals surface area contributed by atoms with Gasteiger partial charge in [0, 0.05) is 24.2 Å². The fourth-order valence-electron chi connectivity index (χ4n) is 2.26. The van der Waals surface area contributed by atoms with Gasteiger partial charge in [0.05, 0.1) is 23.4 Å². The molecule has 3 aromatic rings. The van der Waals surface area contributed by atoms with Gasteiger partial charge in [0.2, 0.25) is 0 Å². The maximum absolute atomic E-state index is 12.1. The second kappa shape index (κ2) is 5.17. The zero-order valence-electron chi connectivity index (χ0n) is 11.1. The van der Waals surface area contributed by atoms with Gasteiger partial charge in [-0.25, -0.2) is 4.79 Å². The van der Waals surface area contributed by atoms with E-state index in [1.807, 2.05) is 47.0 Å². The van der Waals surface area contributed by atoms with Gasteiger partial charge in [-0.2, -0.15) is 0 Å². The maximum atomic E-state index is 12.1. The van der Waals surface area contributed by atoms with Crippen molar-refractivity contribution in [1.29, 1.82) is 0 Å². The Labute approximate surface area is 116 Å². The van der Waals surface area contributed by atoms with Crippen LogP contribution in [0.25, 0.3) is 16.8 Å². The summed E-state index contributed by atoms with van der Waals surface area (Å²) in [4.78, 5) is 16.2. The molecule has 0 aliphatic rings. The van der Waals surface area contributed by atoms with Crippen molar-refractivity contribution in [1.82, 2.24) is 9.38 Å². The number of esters is 1. The molecule has 0 fully saturated rings. The number of rotatable bonds is 3. The Balaban J connectivity index is 2.22. The van der Waals surface area contributed by atoms with Crippen LogP contribution in [0.4, 0.5) is 0 Å². The van der Waals surface area contributed by atoms with E-state index in [0.717, 1.165) is 16.8 Å². The molecule has 4 heteroatoms. The average Bonchev–Trinajstić information content (AvgIpc) is 2.88. The molecule has 0 N–H and O–H groups in total. The number of carbonyl (C=O) groups is 1. The Morgan fingerprint density at radius 1 is 1.30 bits per heavy atom. The molecule has 20 heavy (non-hydrogen) atoms. The van der Waals surface area contributed by atoms with Crippen molar-refractivity contribution in [3.63, 3.8) is 0 Å². The zero-order chi connectivity index (χ0) is 13.9. The number of pyridine rings is 2. The van der Waals surface area contributed by atoms with E-state index in [0.29, 0.717) is 12.2 Å². The van der Waals surface area contributed by atoms with Crippen molar-refractivity contribution in [2.24, 2.45) is 0 Å². The molecule has 0 bridgehead atoms. The van der Waals surface area contributed by atoms with E-state index < -0.39 is 0 Å². The highest BCUT2D eigenvalue weighted by Gasteiger charge is 2.16. The number of hydrogen-bond acceptors (Lipinski definition) is 3. The van der Waals surface area contributed by atoms with Crippen molar-refractivity contribution in [2.75, 3.05) is 6.61 Å². The van der Waals surface area contributed by atoms with Gasteiger partial charge in [-0.05, 0) is 37.3 Å². The lowest BCUT2D eigenvalue weighted by molar-refractivity contribution is 0.0529. The summed E-state index contributed by atoms with van der Waals surface area (Å²) in [5.74, 6) is -0.300. The molecule has 0 aliphatic heterocycles. The Hall–Kier alpha value is -2.62. The highest BCUT2D eigenvalue weighted by molar-refractivity contribution is 5.99. The number of ether oxygens (including phenoxy) is 1. The molecule has 0 unspecified atom stereocenters. The van der Waals surface area contributed by atoms with Gasteiger partial charge >= 0.3 is 5.97 Å². The Bertz CT molecular complexity index is 748. The summed E-state index contributed by atoms with van der Waals surface area (Å²) in [7, 11) is 0. The third kappa shape index (κ3) is 2.05. The van der Waals surface area contributed by atoms with Crippen LogP contribution >= 0.6 is 0 Å². The molecule has 0 saturated carbocycles. The lowest BCUT2D eigenvalue weighted by Gasteiger charge is -2.02. The summed E-state index contributed by atoms with van der Waals surface area (Å²) in [6, 6.07) is 11.4. The van der Waals surface area contributed by atoms with Gasteiger partial charge in [0.15, 0.2) is 0 Å². The summed E-state index contributed by atoms with van der Waals surface area (Å²) in [6.45, 7) is 2.17. The normalized spacial score (nSPS) is 10.7. The molecule has 3 aromatic heterocycles. The Kier molecular flexibility index (Phi) is 3.21. The second-order valence-electron chi connectivity index (χ2n) is 4.36. The van der Waals surface area contributed by atoms with Crippen molar-refractivity contribution in [3.8, 4) is 11.3 Å². The van der Waals surface area contributed by atoms with E-state index in [-0.39, 0.29) is 5.97 Å². The van der Waals surface area contributed by atoms with E-state index in [1.54, 1.807) is 19.3 Å². The van der Waals surface area contributed by atoms with Crippen LogP contribution in [0.15, 0.2) is 55.0 Å². The Morgan fingerprint density at radius 2 is 2.20 bits per heavy atom. The topological polar surface area (TPSA) is 43.6 Å². The average molecular weight is 266 g/mol. The summed E-state index contributed by atoms with van der Waals surface area (Å²) in [5, 5.41) is 0. The van der Waals surface area contributed by atoms with Crippen LogP contribution in [0.3, 0.4) is 0 Å². The fourth-order valence-corrected chi connectivity index (χ4v) is 2.26. The van der Waals surface area contributed by atoms with Crippen LogP contribution in [-0.4, -0.2) is 22.0 Å². The van der Waals surface area contributed by atoms with E-state index in [2.05, 4.69) is 4.98 Å². The highest BCUT2D eigenvalue weighted by atomic mass is 16.5. The Morgan fingerprint density at radius 3 is 2.95 bits per heavy atom. The van der Waals surface area contributed by atoms with Crippen LogP contribution in [0.1, 0.15) is 17.3 Å². The van der Waals surface area contributed by atoms with Crippen LogP contribution < -0.4 is 0 Å². The molecule has 3 rings (SSSR count). The first kappa shape index (κ1) is 12.4. The largest absolute Gasteiger partial charge is 0.462 e. The molecule has 3 heterocycles. The molecule has 0 aliphatic carbocycles. The van der Waals surface area contributed by atoms with E-state index in [4.69, 9.17) is 4.74 Å². The first-order valence-corrected chi connectivity index (χ1v) is 6.49. The molecule has 0 radical (unpaired) electrons. The van der Waals surface area contributed by atoms with Crippen LogP contribution in [-0.2, 0) is 4.74 Å². The van der Waals surface area contributed by atoms with Crippen molar-refractivity contribution in [3.05, 3.63) is 60.6 Å². The quantitative estimate of drug-likeness (QED) is 0.684. The second-order valence-corrected chi connectivity index (χ2v) is 4.36. The van der Waals surface area contributed by atoms with Gasteiger partial charge in [-0.15, -0.1) is 0 Å². The third-order valence-corrected chi connectivity index (χ3v) is 3.13. The molecular weight excluding hydrogens is 252 g/mol. The predicted octanol–water partition coefficient (Wildman–Crippen LogP) is 3.18. The molecule has 0 aromatic carbocycles. The molecular formula is C16H14N2O2. The van der Waals surface area contributed by atoms with Crippen LogP contribution in [0, 0.1) is 0 Å².